The number of hydrogen-bond donors (Lipinski definition) is 4. The number of aromatic nitrogens is 8. The van der Waals surface area contributed by atoms with Gasteiger partial charge in [0.25, 0.3) is 0 Å². The second-order valence-corrected chi connectivity index (χ2v) is 8.10. The molecule has 4 aromatic heterocycles. The van der Waals surface area contributed by atoms with E-state index in [0.29, 0.717) is 23.3 Å². The fourth-order valence-corrected chi connectivity index (χ4v) is 3.19. The Morgan fingerprint density at radius 3 is 1.71 bits per heavy atom. The number of anilines is 6. The number of nitriles is 1. The summed E-state index contributed by atoms with van der Waals surface area (Å²) in [7, 11) is 7.27. The molecule has 0 saturated heterocycles. The first-order valence-electron chi connectivity index (χ1n) is 10.4. The van der Waals surface area contributed by atoms with Crippen molar-refractivity contribution in [3.63, 3.8) is 0 Å². The molecule has 13 nitrogen and oxygen atoms in total. The van der Waals surface area contributed by atoms with Gasteiger partial charge in [-0.05, 0) is 29.8 Å². The largest absolute Gasteiger partial charge is 0.372 e. The molecule has 0 aromatic carbocycles. The van der Waals surface area contributed by atoms with Crippen LogP contribution in [0.5, 0.6) is 0 Å². The van der Waals surface area contributed by atoms with E-state index >= 15 is 0 Å². The summed E-state index contributed by atoms with van der Waals surface area (Å²) in [6.07, 6.45) is 6.63. The SMILES string of the molecule is CNc1nc(Nc2cnn(C)c2C)ncc1Br.CNc1nc(Nc2cnn(C)c2C)ncc1C#N. The highest BCUT2D eigenvalue weighted by atomic mass is 79.9. The quantitative estimate of drug-likeness (QED) is 0.284. The van der Waals surface area contributed by atoms with E-state index in [0.717, 1.165) is 33.1 Å². The second-order valence-electron chi connectivity index (χ2n) is 7.24. The highest BCUT2D eigenvalue weighted by Crippen LogP contribution is 2.22. The van der Waals surface area contributed by atoms with Crippen LogP contribution in [0.1, 0.15) is 17.0 Å². The zero-order chi connectivity index (χ0) is 25.5. The van der Waals surface area contributed by atoms with Gasteiger partial charge in [0.1, 0.15) is 23.3 Å². The minimum absolute atomic E-state index is 0.408. The van der Waals surface area contributed by atoms with Gasteiger partial charge in [0.2, 0.25) is 11.9 Å². The molecule has 4 rings (SSSR count). The third-order valence-corrected chi connectivity index (χ3v) is 5.67. The molecule has 0 fully saturated rings. The number of halogens is 1. The van der Waals surface area contributed by atoms with Gasteiger partial charge in [-0.1, -0.05) is 0 Å². The summed E-state index contributed by atoms with van der Waals surface area (Å²) in [5.74, 6) is 2.20. The van der Waals surface area contributed by atoms with Gasteiger partial charge in [-0.2, -0.15) is 25.4 Å². The first-order valence-corrected chi connectivity index (χ1v) is 11.2. The van der Waals surface area contributed by atoms with Gasteiger partial charge in [0.05, 0.1) is 45.8 Å². The van der Waals surface area contributed by atoms with Gasteiger partial charge in [-0.25, -0.2) is 9.97 Å². The van der Waals surface area contributed by atoms with Crippen LogP contribution in [0.25, 0.3) is 0 Å². The van der Waals surface area contributed by atoms with Gasteiger partial charge in [0, 0.05) is 34.4 Å². The monoisotopic (exact) mass is 539 g/mol. The van der Waals surface area contributed by atoms with Gasteiger partial charge >= 0.3 is 0 Å². The van der Waals surface area contributed by atoms with Crippen molar-refractivity contribution in [1.82, 2.24) is 39.5 Å². The summed E-state index contributed by atoms with van der Waals surface area (Å²) in [5, 5.41) is 29.2. The average Bonchev–Trinajstić information content (AvgIpc) is 3.35. The lowest BCUT2D eigenvalue weighted by Crippen LogP contribution is -2.03. The average molecular weight is 540 g/mol. The Morgan fingerprint density at radius 2 is 1.29 bits per heavy atom. The minimum atomic E-state index is 0.408. The van der Waals surface area contributed by atoms with Gasteiger partial charge < -0.3 is 21.3 Å². The van der Waals surface area contributed by atoms with Crippen molar-refractivity contribution in [3.8, 4) is 6.07 Å². The standard InChI is InChI=1S/C11H13N7.C10H13BrN6/c1-7-9(6-15-18(7)3)16-11-14-5-8(4-12)10(13-2)17-11;1-6-8(5-14-17(6)3)15-10-13-4-7(11)9(12-2)16-10/h5-6H,1-3H3,(H2,13,14,16,17);4-5H,1-3H3,(H2,12,13,15,16). The van der Waals surface area contributed by atoms with Crippen molar-refractivity contribution in [2.24, 2.45) is 14.1 Å². The van der Waals surface area contributed by atoms with Crippen LogP contribution in [0.15, 0.2) is 29.3 Å². The highest BCUT2D eigenvalue weighted by Gasteiger charge is 2.09. The van der Waals surface area contributed by atoms with Crippen LogP contribution in [-0.2, 0) is 14.1 Å². The lowest BCUT2D eigenvalue weighted by atomic mass is 10.3. The fraction of sp³-hybridized carbons (Fsp3) is 0.286. The van der Waals surface area contributed by atoms with Crippen LogP contribution < -0.4 is 21.3 Å². The zero-order valence-corrected chi connectivity index (χ0v) is 21.8. The Bertz CT molecular complexity index is 1350. The maximum Gasteiger partial charge on any atom is 0.229 e. The predicted octanol–water partition coefficient (Wildman–Crippen LogP) is 3.24. The molecule has 4 N–H and O–H groups in total. The molecule has 0 saturated carbocycles. The van der Waals surface area contributed by atoms with E-state index in [4.69, 9.17) is 5.26 Å². The molecule has 182 valence electrons. The lowest BCUT2D eigenvalue weighted by molar-refractivity contribution is 0.740. The molecule has 35 heavy (non-hydrogen) atoms. The Balaban J connectivity index is 0.000000196. The number of hydrogen-bond acceptors (Lipinski definition) is 11. The molecule has 0 aliphatic carbocycles. The molecular weight excluding hydrogens is 514 g/mol. The number of nitrogens with zero attached hydrogens (tertiary/aromatic N) is 9. The van der Waals surface area contributed by atoms with Crippen LogP contribution >= 0.6 is 15.9 Å². The first-order chi connectivity index (χ1) is 16.8. The van der Waals surface area contributed by atoms with Gasteiger partial charge in [-0.3, -0.25) is 9.36 Å². The second kappa shape index (κ2) is 11.3. The minimum Gasteiger partial charge on any atom is -0.372 e. The highest BCUT2D eigenvalue weighted by molar-refractivity contribution is 9.10. The molecule has 0 amide bonds. The maximum atomic E-state index is 8.87. The van der Waals surface area contributed by atoms with Crippen molar-refractivity contribution in [3.05, 3.63) is 46.2 Å². The first kappa shape index (κ1) is 25.4. The normalized spacial score (nSPS) is 10.1. The molecular formula is C21H26BrN13. The molecule has 0 spiro atoms. The summed E-state index contributed by atoms with van der Waals surface area (Å²) in [6, 6.07) is 2.02. The van der Waals surface area contributed by atoms with Crippen molar-refractivity contribution in [1.29, 1.82) is 5.26 Å². The van der Waals surface area contributed by atoms with Crippen molar-refractivity contribution < 1.29 is 0 Å². The van der Waals surface area contributed by atoms with Crippen LogP contribution in [0, 0.1) is 25.2 Å². The smallest absolute Gasteiger partial charge is 0.229 e. The van der Waals surface area contributed by atoms with Crippen molar-refractivity contribution in [2.75, 3.05) is 35.4 Å². The van der Waals surface area contributed by atoms with E-state index in [2.05, 4.69) is 67.3 Å². The van der Waals surface area contributed by atoms with Crippen molar-refractivity contribution in [2.45, 2.75) is 13.8 Å². The Kier molecular flexibility index (Phi) is 8.16. The molecule has 0 aliphatic heterocycles. The molecule has 14 heteroatoms. The van der Waals surface area contributed by atoms with E-state index in [9.17, 15) is 0 Å². The Hall–Kier alpha value is -4.25. The van der Waals surface area contributed by atoms with Gasteiger partial charge in [-0.15, -0.1) is 0 Å². The summed E-state index contributed by atoms with van der Waals surface area (Å²) in [4.78, 5) is 16.8. The van der Waals surface area contributed by atoms with Gasteiger partial charge in [0.15, 0.2) is 0 Å². The summed E-state index contributed by atoms with van der Waals surface area (Å²) >= 11 is 3.36. The lowest BCUT2D eigenvalue weighted by Gasteiger charge is -2.07. The molecule has 0 bridgehead atoms. The summed E-state index contributed by atoms with van der Waals surface area (Å²) in [5.41, 5.74) is 4.16. The molecule has 0 unspecified atom stereocenters. The van der Waals surface area contributed by atoms with E-state index < -0.39 is 0 Å². The molecule has 0 radical (unpaired) electrons. The third-order valence-electron chi connectivity index (χ3n) is 5.09. The van der Waals surface area contributed by atoms with Crippen LogP contribution in [0.4, 0.5) is 34.9 Å². The van der Waals surface area contributed by atoms with E-state index in [1.807, 2.05) is 41.1 Å². The predicted molar refractivity (Wildman–Crippen MR) is 138 cm³/mol. The number of aryl methyl sites for hydroxylation is 2. The van der Waals surface area contributed by atoms with Crippen LogP contribution in [-0.4, -0.2) is 53.6 Å². The molecule has 0 aliphatic rings. The van der Waals surface area contributed by atoms with E-state index in [1.54, 1.807) is 35.0 Å². The Labute approximate surface area is 211 Å². The van der Waals surface area contributed by atoms with E-state index in [-0.39, 0.29) is 0 Å². The molecule has 4 heterocycles. The van der Waals surface area contributed by atoms with Crippen LogP contribution in [0.2, 0.25) is 0 Å². The summed E-state index contributed by atoms with van der Waals surface area (Å²) < 4.78 is 4.37. The van der Waals surface area contributed by atoms with E-state index in [1.165, 1.54) is 6.20 Å². The number of rotatable bonds is 6. The Morgan fingerprint density at radius 1 is 0.800 bits per heavy atom. The molecule has 0 atom stereocenters. The van der Waals surface area contributed by atoms with Crippen molar-refractivity contribution >= 4 is 50.8 Å². The fourth-order valence-electron chi connectivity index (χ4n) is 2.80. The maximum absolute atomic E-state index is 8.87. The topological polar surface area (TPSA) is 159 Å². The number of nitrogens with one attached hydrogen (secondary N) is 4. The zero-order valence-electron chi connectivity index (χ0n) is 20.2. The third kappa shape index (κ3) is 6.01. The van der Waals surface area contributed by atoms with Crippen LogP contribution in [0.3, 0.4) is 0 Å². The molecule has 4 aromatic rings. The summed E-state index contributed by atoms with van der Waals surface area (Å²) in [6.45, 7) is 3.92.